The maximum Gasteiger partial charge on any atom is 0.313 e. The summed E-state index contributed by atoms with van der Waals surface area (Å²) in [6.45, 7) is 3.27. The molecular formula is C21H24FN3O3. The van der Waals surface area contributed by atoms with Gasteiger partial charge in [0.1, 0.15) is 5.82 Å². The second kappa shape index (κ2) is 8.50. The van der Waals surface area contributed by atoms with E-state index in [4.69, 9.17) is 0 Å². The van der Waals surface area contributed by atoms with Crippen molar-refractivity contribution >= 4 is 17.5 Å². The average Bonchev–Trinajstić information content (AvgIpc) is 2.70. The van der Waals surface area contributed by atoms with Crippen molar-refractivity contribution in [3.05, 3.63) is 64.0 Å². The molecule has 2 amide bonds. The van der Waals surface area contributed by atoms with E-state index in [9.17, 15) is 19.1 Å². The lowest BCUT2D eigenvalue weighted by Gasteiger charge is -2.24. The molecule has 2 aromatic carbocycles. The van der Waals surface area contributed by atoms with Gasteiger partial charge in [0.25, 0.3) is 0 Å². The summed E-state index contributed by atoms with van der Waals surface area (Å²) in [4.78, 5) is 26.3. The Morgan fingerprint density at radius 2 is 2.00 bits per heavy atom. The van der Waals surface area contributed by atoms with Gasteiger partial charge in [-0.2, -0.15) is 0 Å². The number of nitrogens with zero attached hydrogens (tertiary/aromatic N) is 1. The highest BCUT2D eigenvalue weighted by Crippen LogP contribution is 2.27. The predicted molar refractivity (Wildman–Crippen MR) is 104 cm³/mol. The average molecular weight is 385 g/mol. The minimum absolute atomic E-state index is 0.0765. The van der Waals surface area contributed by atoms with Gasteiger partial charge in [0.2, 0.25) is 0 Å². The number of nitrogens with one attached hydrogen (secondary N) is 2. The fourth-order valence-corrected chi connectivity index (χ4v) is 3.43. The smallest absolute Gasteiger partial charge is 0.313 e. The molecule has 0 unspecified atom stereocenters. The van der Waals surface area contributed by atoms with Gasteiger partial charge in [-0.05, 0) is 65.9 Å². The highest BCUT2D eigenvalue weighted by atomic mass is 19.1. The predicted octanol–water partition coefficient (Wildman–Crippen LogP) is 1.87. The van der Waals surface area contributed by atoms with Gasteiger partial charge in [0.15, 0.2) is 0 Å². The molecule has 0 bridgehead atoms. The number of carbonyl (C=O) groups excluding carboxylic acids is 2. The summed E-state index contributed by atoms with van der Waals surface area (Å²) in [5.74, 6) is -1.82. The lowest BCUT2D eigenvalue weighted by Crippen LogP contribution is -2.37. The Bertz CT molecular complexity index is 914. The lowest BCUT2D eigenvalue weighted by atomic mass is 9.94. The Morgan fingerprint density at radius 1 is 1.21 bits per heavy atom. The molecule has 3 rings (SSSR count). The number of aliphatic hydroxyl groups excluding tert-OH is 1. The van der Waals surface area contributed by atoms with Crippen LogP contribution in [0.1, 0.15) is 27.8 Å². The van der Waals surface area contributed by atoms with Crippen molar-refractivity contribution in [1.29, 1.82) is 0 Å². The van der Waals surface area contributed by atoms with Crippen LogP contribution in [0.3, 0.4) is 0 Å². The van der Waals surface area contributed by atoms with Gasteiger partial charge in [-0.1, -0.05) is 12.1 Å². The van der Waals surface area contributed by atoms with E-state index in [2.05, 4.69) is 10.6 Å². The minimum Gasteiger partial charge on any atom is -0.392 e. The second-order valence-electron chi connectivity index (χ2n) is 7.00. The fraction of sp³-hybridized carbons (Fsp3) is 0.333. The first kappa shape index (κ1) is 20.0. The van der Waals surface area contributed by atoms with Gasteiger partial charge in [-0.3, -0.25) is 9.59 Å². The third kappa shape index (κ3) is 4.21. The maximum absolute atomic E-state index is 13.5. The van der Waals surface area contributed by atoms with E-state index >= 15 is 0 Å². The number of carbonyl (C=O) groups is 2. The number of amides is 2. The van der Waals surface area contributed by atoms with Crippen LogP contribution in [0.2, 0.25) is 0 Å². The first-order valence-corrected chi connectivity index (χ1v) is 9.17. The number of hydrogen-bond acceptors (Lipinski definition) is 4. The van der Waals surface area contributed by atoms with Crippen LogP contribution in [0.25, 0.3) is 0 Å². The topological polar surface area (TPSA) is 81.7 Å². The normalized spacial score (nSPS) is 13.0. The van der Waals surface area contributed by atoms with E-state index < -0.39 is 11.8 Å². The van der Waals surface area contributed by atoms with Crippen LogP contribution in [0, 0.1) is 12.7 Å². The molecule has 0 spiro atoms. The van der Waals surface area contributed by atoms with Crippen molar-refractivity contribution < 1.29 is 19.1 Å². The Kier molecular flexibility index (Phi) is 6.06. The molecule has 2 aromatic rings. The fourth-order valence-electron chi connectivity index (χ4n) is 3.43. The van der Waals surface area contributed by atoms with E-state index in [0.29, 0.717) is 24.2 Å². The molecule has 0 atom stereocenters. The second-order valence-corrected chi connectivity index (χ2v) is 7.00. The van der Waals surface area contributed by atoms with E-state index in [1.807, 2.05) is 6.92 Å². The first-order chi connectivity index (χ1) is 13.4. The lowest BCUT2D eigenvalue weighted by molar-refractivity contribution is -0.142. The molecular weight excluding hydrogens is 361 g/mol. The van der Waals surface area contributed by atoms with Crippen LogP contribution < -0.4 is 10.6 Å². The number of halogens is 1. The summed E-state index contributed by atoms with van der Waals surface area (Å²) >= 11 is 0. The Balaban J connectivity index is 1.74. The molecule has 0 radical (unpaired) electrons. The van der Waals surface area contributed by atoms with Crippen molar-refractivity contribution in [3.63, 3.8) is 0 Å². The number of fused-ring (bicyclic) bond motifs is 1. The molecule has 1 heterocycles. The molecule has 0 aliphatic carbocycles. The third-order valence-corrected chi connectivity index (χ3v) is 5.06. The van der Waals surface area contributed by atoms with Gasteiger partial charge >= 0.3 is 11.8 Å². The van der Waals surface area contributed by atoms with Crippen LogP contribution in [0.15, 0.2) is 30.3 Å². The third-order valence-electron chi connectivity index (χ3n) is 5.06. The summed E-state index contributed by atoms with van der Waals surface area (Å²) in [5.41, 5.74) is 4.80. The summed E-state index contributed by atoms with van der Waals surface area (Å²) in [6.07, 6.45) is 0.700. The number of rotatable bonds is 4. The van der Waals surface area contributed by atoms with Crippen LogP contribution in [-0.4, -0.2) is 35.4 Å². The van der Waals surface area contributed by atoms with Gasteiger partial charge in [-0.15, -0.1) is 0 Å². The Hall–Kier alpha value is -2.77. The van der Waals surface area contributed by atoms with E-state index in [1.54, 1.807) is 18.2 Å². The van der Waals surface area contributed by atoms with E-state index in [0.717, 1.165) is 28.8 Å². The summed E-state index contributed by atoms with van der Waals surface area (Å²) in [7, 11) is 1.51. The molecule has 28 heavy (non-hydrogen) atoms. The summed E-state index contributed by atoms with van der Waals surface area (Å²) in [6, 6.07) is 7.85. The Labute approximate surface area is 163 Å². The standard InChI is InChI=1S/C21H24FN3O3/c1-13-3-5-16(22)9-15(13)11-25(2)21(28)20(27)24-19-6-4-14(12-26)18-10-23-8-7-17(18)19/h3-6,9,23,26H,7-8,10-12H2,1-2H3,(H,24,27). The van der Waals surface area contributed by atoms with Gasteiger partial charge in [0.05, 0.1) is 6.61 Å². The van der Waals surface area contributed by atoms with Crippen LogP contribution in [0.5, 0.6) is 0 Å². The minimum atomic E-state index is -0.742. The van der Waals surface area contributed by atoms with Gasteiger partial charge in [0, 0.05) is 25.8 Å². The zero-order valence-corrected chi connectivity index (χ0v) is 16.0. The van der Waals surface area contributed by atoms with Crippen molar-refractivity contribution in [2.24, 2.45) is 0 Å². The molecule has 0 fully saturated rings. The van der Waals surface area contributed by atoms with Crippen LogP contribution in [0.4, 0.5) is 10.1 Å². The number of aliphatic hydroxyl groups is 1. The van der Waals surface area contributed by atoms with E-state index in [1.165, 1.54) is 24.1 Å². The summed E-state index contributed by atoms with van der Waals surface area (Å²) < 4.78 is 13.5. The molecule has 7 heteroatoms. The molecule has 0 saturated heterocycles. The first-order valence-electron chi connectivity index (χ1n) is 9.17. The molecule has 148 valence electrons. The monoisotopic (exact) mass is 385 g/mol. The SMILES string of the molecule is Cc1ccc(F)cc1CN(C)C(=O)C(=O)Nc1ccc(CO)c2c1CCNC2. The van der Waals surface area contributed by atoms with Crippen molar-refractivity contribution in [3.8, 4) is 0 Å². The molecule has 0 saturated carbocycles. The zero-order chi connectivity index (χ0) is 20.3. The highest BCUT2D eigenvalue weighted by Gasteiger charge is 2.23. The molecule has 3 N–H and O–H groups in total. The number of benzene rings is 2. The number of aryl methyl sites for hydroxylation is 1. The quantitative estimate of drug-likeness (QED) is 0.702. The number of hydrogen-bond donors (Lipinski definition) is 3. The van der Waals surface area contributed by atoms with Crippen molar-refractivity contribution in [2.45, 2.75) is 33.0 Å². The van der Waals surface area contributed by atoms with Crippen molar-refractivity contribution in [1.82, 2.24) is 10.2 Å². The molecule has 6 nitrogen and oxygen atoms in total. The van der Waals surface area contributed by atoms with Crippen molar-refractivity contribution in [2.75, 3.05) is 18.9 Å². The molecule has 0 aromatic heterocycles. The highest BCUT2D eigenvalue weighted by molar-refractivity contribution is 6.39. The van der Waals surface area contributed by atoms with Crippen LogP contribution >= 0.6 is 0 Å². The molecule has 1 aliphatic heterocycles. The van der Waals surface area contributed by atoms with Crippen LogP contribution in [-0.2, 0) is 35.7 Å². The number of likely N-dealkylation sites (N-methyl/N-ethyl adjacent to an activating group) is 1. The van der Waals surface area contributed by atoms with Gasteiger partial charge in [-0.25, -0.2) is 4.39 Å². The van der Waals surface area contributed by atoms with Gasteiger partial charge < -0.3 is 20.6 Å². The largest absolute Gasteiger partial charge is 0.392 e. The Morgan fingerprint density at radius 3 is 2.75 bits per heavy atom. The zero-order valence-electron chi connectivity index (χ0n) is 16.0. The number of anilines is 1. The molecule has 1 aliphatic rings. The summed E-state index contributed by atoms with van der Waals surface area (Å²) in [5, 5.41) is 15.5. The van der Waals surface area contributed by atoms with E-state index in [-0.39, 0.29) is 19.0 Å². The maximum atomic E-state index is 13.5.